The Balaban J connectivity index is 2.77. The van der Waals surface area contributed by atoms with Crippen LogP contribution >= 0.6 is 0 Å². The second-order valence-electron chi connectivity index (χ2n) is 2.81. The lowest BCUT2D eigenvalue weighted by molar-refractivity contribution is 0.586. The van der Waals surface area contributed by atoms with Crippen molar-refractivity contribution in [2.45, 2.75) is 12.1 Å². The third-order valence-electron chi connectivity index (χ3n) is 1.94. The lowest BCUT2D eigenvalue weighted by atomic mass is 10.5. The number of pyridine rings is 1. The van der Waals surface area contributed by atoms with Crippen LogP contribution < -0.4 is 0 Å². The van der Waals surface area contributed by atoms with Crippen LogP contribution in [0.2, 0.25) is 0 Å². The number of hydrogen-bond acceptors (Lipinski definition) is 4. The molecule has 0 aromatic carbocycles. The first-order valence-electron chi connectivity index (χ1n) is 4.17. The van der Waals surface area contributed by atoms with Crippen molar-refractivity contribution in [3.63, 3.8) is 0 Å². The van der Waals surface area contributed by atoms with Crippen LogP contribution in [0, 0.1) is 0 Å². The fourth-order valence-electron chi connectivity index (χ4n) is 1.16. The van der Waals surface area contributed by atoms with Gasteiger partial charge in [0.1, 0.15) is 0 Å². The second kappa shape index (κ2) is 3.06. The lowest BCUT2D eigenvalue weighted by Crippen LogP contribution is -2.08. The van der Waals surface area contributed by atoms with Crippen molar-refractivity contribution < 1.29 is 8.42 Å². The van der Waals surface area contributed by atoms with Gasteiger partial charge in [-0.25, -0.2) is 8.42 Å². The molecule has 0 saturated carbocycles. The zero-order valence-corrected chi connectivity index (χ0v) is 8.40. The van der Waals surface area contributed by atoms with E-state index in [1.807, 2.05) is 0 Å². The Labute approximate surface area is 81.3 Å². The van der Waals surface area contributed by atoms with Crippen LogP contribution in [0.5, 0.6) is 0 Å². The summed E-state index contributed by atoms with van der Waals surface area (Å²) in [7, 11) is -3.29. The Kier molecular flexibility index (Phi) is 1.99. The Morgan fingerprint density at radius 1 is 1.36 bits per heavy atom. The molecule has 2 rings (SSSR count). The smallest absolute Gasteiger partial charge is 0.254 e. The van der Waals surface area contributed by atoms with E-state index in [4.69, 9.17) is 0 Å². The molecule has 0 spiro atoms. The Hall–Kier alpha value is -1.43. The van der Waals surface area contributed by atoms with E-state index < -0.39 is 9.84 Å². The van der Waals surface area contributed by atoms with Gasteiger partial charge in [0.2, 0.25) is 9.84 Å². The van der Waals surface area contributed by atoms with Gasteiger partial charge in [-0.05, 0) is 12.1 Å². The minimum Gasteiger partial charge on any atom is -0.273 e. The van der Waals surface area contributed by atoms with Crippen molar-refractivity contribution in [3.8, 4) is 0 Å². The summed E-state index contributed by atoms with van der Waals surface area (Å²) >= 11 is 0. The van der Waals surface area contributed by atoms with Gasteiger partial charge >= 0.3 is 0 Å². The molecule has 14 heavy (non-hydrogen) atoms. The third-order valence-corrected chi connectivity index (χ3v) is 3.54. The highest BCUT2D eigenvalue weighted by atomic mass is 32.2. The van der Waals surface area contributed by atoms with Gasteiger partial charge in [-0.15, -0.1) is 10.2 Å². The van der Waals surface area contributed by atoms with Crippen LogP contribution in [0.25, 0.3) is 5.65 Å². The molecule has 2 aromatic heterocycles. The van der Waals surface area contributed by atoms with Gasteiger partial charge in [0.25, 0.3) is 5.16 Å². The van der Waals surface area contributed by atoms with E-state index in [2.05, 4.69) is 10.2 Å². The van der Waals surface area contributed by atoms with Gasteiger partial charge < -0.3 is 0 Å². The minimum atomic E-state index is -3.29. The summed E-state index contributed by atoms with van der Waals surface area (Å²) in [6.45, 7) is 1.58. The molecule has 6 heteroatoms. The molecule has 0 bridgehead atoms. The summed E-state index contributed by atoms with van der Waals surface area (Å²) in [6.07, 6.45) is 1.64. The molecule has 0 fully saturated rings. The molecule has 0 aliphatic rings. The molecule has 0 saturated heterocycles. The van der Waals surface area contributed by atoms with Gasteiger partial charge in [0, 0.05) is 6.20 Å². The standard InChI is InChI=1S/C8H9N3O2S/c1-2-14(12,13)8-10-9-7-5-3-4-6-11(7)8/h3-6H,2H2,1H3. The number of nitrogens with zero attached hydrogens (tertiary/aromatic N) is 3. The molecule has 0 aliphatic carbocycles. The fraction of sp³-hybridized carbons (Fsp3) is 0.250. The van der Waals surface area contributed by atoms with Gasteiger partial charge in [-0.3, -0.25) is 4.40 Å². The SMILES string of the molecule is CCS(=O)(=O)c1nnc2ccccn12. The van der Waals surface area contributed by atoms with E-state index in [-0.39, 0.29) is 10.9 Å². The molecule has 0 unspecified atom stereocenters. The zero-order valence-electron chi connectivity index (χ0n) is 7.58. The molecule has 5 nitrogen and oxygen atoms in total. The average Bonchev–Trinajstić information content (AvgIpc) is 2.61. The van der Waals surface area contributed by atoms with Gasteiger partial charge in [-0.2, -0.15) is 0 Å². The van der Waals surface area contributed by atoms with E-state index in [0.717, 1.165) is 0 Å². The largest absolute Gasteiger partial charge is 0.273 e. The molecule has 0 aliphatic heterocycles. The molecular weight excluding hydrogens is 202 g/mol. The maximum absolute atomic E-state index is 11.6. The van der Waals surface area contributed by atoms with Gasteiger partial charge in [-0.1, -0.05) is 13.0 Å². The molecule has 2 heterocycles. The predicted octanol–water partition coefficient (Wildman–Crippen LogP) is 0.523. The first kappa shape index (κ1) is 9.14. The van der Waals surface area contributed by atoms with E-state index in [1.165, 1.54) is 4.40 Å². The van der Waals surface area contributed by atoms with Crippen LogP contribution in [0.15, 0.2) is 29.6 Å². The molecule has 0 atom stereocenters. The van der Waals surface area contributed by atoms with Crippen molar-refractivity contribution >= 4 is 15.5 Å². The quantitative estimate of drug-likeness (QED) is 0.726. The van der Waals surface area contributed by atoms with E-state index in [0.29, 0.717) is 5.65 Å². The number of aromatic nitrogens is 3. The van der Waals surface area contributed by atoms with Crippen molar-refractivity contribution in [1.82, 2.24) is 14.6 Å². The van der Waals surface area contributed by atoms with Crippen molar-refractivity contribution in [3.05, 3.63) is 24.4 Å². The zero-order chi connectivity index (χ0) is 10.2. The van der Waals surface area contributed by atoms with Gasteiger partial charge in [0.15, 0.2) is 5.65 Å². The summed E-state index contributed by atoms with van der Waals surface area (Å²) in [6, 6.07) is 5.24. The second-order valence-corrected chi connectivity index (χ2v) is 4.99. The maximum atomic E-state index is 11.6. The van der Waals surface area contributed by atoms with Crippen molar-refractivity contribution in [2.24, 2.45) is 0 Å². The van der Waals surface area contributed by atoms with E-state index in [9.17, 15) is 8.42 Å². The number of rotatable bonds is 2. The first-order chi connectivity index (χ1) is 6.65. The summed E-state index contributed by atoms with van der Waals surface area (Å²) in [5.41, 5.74) is 0.541. The highest BCUT2D eigenvalue weighted by Crippen LogP contribution is 2.09. The maximum Gasteiger partial charge on any atom is 0.254 e. The lowest BCUT2D eigenvalue weighted by Gasteiger charge is -1.97. The minimum absolute atomic E-state index is 0.00981. The molecule has 74 valence electrons. The summed E-state index contributed by atoms with van der Waals surface area (Å²) < 4.78 is 24.6. The van der Waals surface area contributed by atoms with E-state index in [1.54, 1.807) is 31.3 Å². The number of fused-ring (bicyclic) bond motifs is 1. The number of sulfone groups is 1. The van der Waals surface area contributed by atoms with Gasteiger partial charge in [0.05, 0.1) is 5.75 Å². The normalized spacial score (nSPS) is 12.1. The van der Waals surface area contributed by atoms with E-state index >= 15 is 0 Å². The average molecular weight is 211 g/mol. The first-order valence-corrected chi connectivity index (χ1v) is 5.83. The molecule has 0 radical (unpaired) electrons. The Morgan fingerprint density at radius 2 is 2.14 bits per heavy atom. The van der Waals surface area contributed by atoms with Crippen molar-refractivity contribution in [1.29, 1.82) is 0 Å². The molecule has 0 amide bonds. The molecule has 2 aromatic rings. The Bertz CT molecular complexity index is 559. The predicted molar refractivity (Wildman–Crippen MR) is 50.7 cm³/mol. The fourth-order valence-corrected chi connectivity index (χ4v) is 2.04. The van der Waals surface area contributed by atoms with Crippen LogP contribution in [-0.2, 0) is 9.84 Å². The third kappa shape index (κ3) is 1.27. The molecule has 0 N–H and O–H groups in total. The topological polar surface area (TPSA) is 64.3 Å². The summed E-state index contributed by atoms with van der Waals surface area (Å²) in [5, 5.41) is 7.44. The monoisotopic (exact) mass is 211 g/mol. The highest BCUT2D eigenvalue weighted by molar-refractivity contribution is 7.91. The molecular formula is C8H9N3O2S. The van der Waals surface area contributed by atoms with Crippen LogP contribution in [0.4, 0.5) is 0 Å². The van der Waals surface area contributed by atoms with Crippen molar-refractivity contribution in [2.75, 3.05) is 5.75 Å². The summed E-state index contributed by atoms with van der Waals surface area (Å²) in [4.78, 5) is 0. The Morgan fingerprint density at radius 3 is 2.86 bits per heavy atom. The van der Waals surface area contributed by atoms with Crippen LogP contribution in [-0.4, -0.2) is 28.8 Å². The summed E-state index contributed by atoms with van der Waals surface area (Å²) in [5.74, 6) is 0.0304. The number of hydrogen-bond donors (Lipinski definition) is 0. The van der Waals surface area contributed by atoms with Crippen LogP contribution in [0.3, 0.4) is 0 Å². The highest BCUT2D eigenvalue weighted by Gasteiger charge is 2.18. The van der Waals surface area contributed by atoms with Crippen LogP contribution in [0.1, 0.15) is 6.92 Å².